The van der Waals surface area contributed by atoms with Crippen molar-refractivity contribution in [2.24, 2.45) is 0 Å². The normalized spacial score (nSPS) is 14.8. The van der Waals surface area contributed by atoms with Crippen LogP contribution in [0.5, 0.6) is 5.75 Å². The van der Waals surface area contributed by atoms with Gasteiger partial charge in [-0.25, -0.2) is 4.39 Å². The van der Waals surface area contributed by atoms with Gasteiger partial charge in [0.25, 0.3) is 0 Å². The Labute approximate surface area is 273 Å². The molecule has 1 aliphatic rings. The summed E-state index contributed by atoms with van der Waals surface area (Å²) in [5, 5.41) is 11.8. The Balaban J connectivity index is 1.38. The van der Waals surface area contributed by atoms with E-state index in [0.29, 0.717) is 25.1 Å². The van der Waals surface area contributed by atoms with Crippen molar-refractivity contribution in [3.63, 3.8) is 0 Å². The van der Waals surface area contributed by atoms with Crippen molar-refractivity contribution in [1.29, 1.82) is 0 Å². The second kappa shape index (κ2) is 15.9. The van der Waals surface area contributed by atoms with Gasteiger partial charge in [-0.1, -0.05) is 120 Å². The molecule has 5 rings (SSSR count). The number of halogens is 2. The highest BCUT2D eigenvalue weighted by Crippen LogP contribution is 2.43. The minimum atomic E-state index is -1.03. The van der Waals surface area contributed by atoms with E-state index >= 15 is 0 Å². The molecular weight excluding hydrogens is 583 g/mol. The van der Waals surface area contributed by atoms with E-state index in [-0.39, 0.29) is 22.4 Å². The van der Waals surface area contributed by atoms with Gasteiger partial charge < -0.3 is 10.1 Å². The number of ketones is 1. The van der Waals surface area contributed by atoms with Gasteiger partial charge in [0.15, 0.2) is 5.78 Å². The number of fused-ring (bicyclic) bond motifs is 3. The topological polar surface area (TPSA) is 56.3 Å². The quantitative estimate of drug-likeness (QED) is 0.0901. The fourth-order valence-corrected chi connectivity index (χ4v) is 7.40. The van der Waals surface area contributed by atoms with Crippen LogP contribution in [0.3, 0.4) is 0 Å². The SMILES string of the molecule is CCCCCCCCCCCCCCC(C(=O)c1ccc(F)cc1)(c1ccc(O)c(Cl)c1)N1CCc2c([nH]c3ccccc23)C1. The van der Waals surface area contributed by atoms with Crippen molar-refractivity contribution in [3.8, 4) is 5.75 Å². The number of nitrogens with one attached hydrogen (secondary N) is 1. The molecule has 1 atom stereocenters. The molecule has 0 spiro atoms. The molecular formula is C39H48ClFN2O2. The summed E-state index contributed by atoms with van der Waals surface area (Å²) in [6.45, 7) is 3.53. The monoisotopic (exact) mass is 630 g/mol. The number of hydrogen-bond donors (Lipinski definition) is 2. The molecule has 45 heavy (non-hydrogen) atoms. The first-order valence-corrected chi connectivity index (χ1v) is 17.4. The lowest BCUT2D eigenvalue weighted by Crippen LogP contribution is -2.53. The summed E-state index contributed by atoms with van der Waals surface area (Å²) in [7, 11) is 0. The Hall–Kier alpha value is -3.15. The van der Waals surface area contributed by atoms with Crippen molar-refractivity contribution in [2.75, 3.05) is 6.54 Å². The van der Waals surface area contributed by atoms with Gasteiger partial charge >= 0.3 is 0 Å². The third-order valence-electron chi connectivity index (χ3n) is 9.72. The third kappa shape index (κ3) is 7.81. The zero-order chi connectivity index (χ0) is 31.6. The largest absolute Gasteiger partial charge is 0.506 e. The number of unbranched alkanes of at least 4 members (excludes halogenated alkanes) is 11. The van der Waals surface area contributed by atoms with E-state index in [2.05, 4.69) is 35.0 Å². The number of benzene rings is 3. The van der Waals surface area contributed by atoms with Crippen molar-refractivity contribution in [1.82, 2.24) is 9.88 Å². The summed E-state index contributed by atoms with van der Waals surface area (Å²) in [5.41, 5.74) is 3.75. The van der Waals surface area contributed by atoms with Crippen molar-refractivity contribution in [2.45, 2.75) is 109 Å². The zero-order valence-electron chi connectivity index (χ0n) is 26.7. The van der Waals surface area contributed by atoms with Crippen LogP contribution >= 0.6 is 11.6 Å². The smallest absolute Gasteiger partial charge is 0.187 e. The van der Waals surface area contributed by atoms with Crippen LogP contribution in [0.2, 0.25) is 5.02 Å². The number of nitrogens with zero attached hydrogens (tertiary/aromatic N) is 1. The average molecular weight is 631 g/mol. The first-order valence-electron chi connectivity index (χ1n) is 17.1. The fraction of sp³-hybridized carbons (Fsp3) is 0.462. The van der Waals surface area contributed by atoms with Gasteiger partial charge in [0.2, 0.25) is 0 Å². The van der Waals surface area contributed by atoms with Gasteiger partial charge in [-0.3, -0.25) is 9.69 Å². The Morgan fingerprint density at radius 2 is 1.53 bits per heavy atom. The number of phenolic OH excluding ortho intramolecular Hbond substituents is 1. The average Bonchev–Trinajstić information content (AvgIpc) is 3.43. The Bertz CT molecular complexity index is 1550. The number of phenols is 1. The van der Waals surface area contributed by atoms with E-state index < -0.39 is 5.54 Å². The first kappa shape index (κ1) is 33.2. The van der Waals surface area contributed by atoms with E-state index in [4.69, 9.17) is 11.6 Å². The molecule has 0 amide bonds. The van der Waals surface area contributed by atoms with Crippen LogP contribution < -0.4 is 0 Å². The number of rotatable bonds is 17. The molecule has 0 fully saturated rings. The molecule has 2 heterocycles. The number of carbonyl (C=O) groups is 1. The summed E-state index contributed by atoms with van der Waals surface area (Å²) >= 11 is 6.51. The Morgan fingerprint density at radius 3 is 2.20 bits per heavy atom. The molecule has 6 heteroatoms. The van der Waals surface area contributed by atoms with Crippen LogP contribution in [0, 0.1) is 5.82 Å². The second-order valence-corrected chi connectivity index (χ2v) is 13.2. The van der Waals surface area contributed by atoms with Gasteiger partial charge in [0.1, 0.15) is 17.1 Å². The number of carbonyl (C=O) groups excluding carboxylic acids is 1. The maximum atomic E-state index is 14.8. The number of hydrogen-bond acceptors (Lipinski definition) is 3. The lowest BCUT2D eigenvalue weighted by Gasteiger charge is -2.45. The first-order chi connectivity index (χ1) is 21.9. The van der Waals surface area contributed by atoms with Crippen molar-refractivity contribution in [3.05, 3.63) is 100.0 Å². The van der Waals surface area contributed by atoms with Crippen molar-refractivity contribution >= 4 is 28.3 Å². The highest BCUT2D eigenvalue weighted by molar-refractivity contribution is 6.32. The molecule has 4 aromatic rings. The van der Waals surface area contributed by atoms with E-state index in [9.17, 15) is 14.3 Å². The Kier molecular flexibility index (Phi) is 11.7. The van der Waals surface area contributed by atoms with E-state index in [1.165, 1.54) is 80.9 Å². The minimum Gasteiger partial charge on any atom is -0.506 e. The van der Waals surface area contributed by atoms with E-state index in [1.807, 2.05) is 12.1 Å². The van der Waals surface area contributed by atoms with Crippen LogP contribution in [0.25, 0.3) is 10.9 Å². The minimum absolute atomic E-state index is 0.00883. The summed E-state index contributed by atoms with van der Waals surface area (Å²) in [5.74, 6) is -0.441. The molecule has 1 unspecified atom stereocenters. The van der Waals surface area contributed by atoms with Crippen LogP contribution in [0.4, 0.5) is 4.39 Å². The third-order valence-corrected chi connectivity index (χ3v) is 10.0. The predicted octanol–water partition coefficient (Wildman–Crippen LogP) is 10.9. The molecule has 0 saturated heterocycles. The molecule has 3 aromatic carbocycles. The molecule has 240 valence electrons. The second-order valence-electron chi connectivity index (χ2n) is 12.8. The zero-order valence-corrected chi connectivity index (χ0v) is 27.5. The fourth-order valence-electron chi connectivity index (χ4n) is 7.22. The summed E-state index contributed by atoms with van der Waals surface area (Å²) < 4.78 is 14.0. The summed E-state index contributed by atoms with van der Waals surface area (Å²) in [4.78, 5) is 20.7. The van der Waals surface area contributed by atoms with Gasteiger partial charge in [0, 0.05) is 35.2 Å². The van der Waals surface area contributed by atoms with Crippen LogP contribution in [0.1, 0.15) is 118 Å². The molecule has 0 saturated carbocycles. The Morgan fingerprint density at radius 1 is 0.889 bits per heavy atom. The number of H-pyrrole nitrogens is 1. The number of aromatic hydroxyl groups is 1. The van der Waals surface area contributed by atoms with Gasteiger partial charge in [-0.15, -0.1) is 0 Å². The molecule has 2 N–H and O–H groups in total. The van der Waals surface area contributed by atoms with Crippen molar-refractivity contribution < 1.29 is 14.3 Å². The highest BCUT2D eigenvalue weighted by atomic mass is 35.5. The van der Waals surface area contributed by atoms with Gasteiger partial charge in [0.05, 0.1) is 5.02 Å². The van der Waals surface area contributed by atoms with Crippen LogP contribution in [0.15, 0.2) is 66.7 Å². The molecule has 1 aromatic heterocycles. The predicted molar refractivity (Wildman–Crippen MR) is 184 cm³/mol. The molecule has 4 nitrogen and oxygen atoms in total. The maximum Gasteiger partial charge on any atom is 0.187 e. The van der Waals surface area contributed by atoms with E-state index in [0.717, 1.165) is 42.5 Å². The van der Waals surface area contributed by atoms with Crippen LogP contribution in [-0.2, 0) is 18.5 Å². The summed E-state index contributed by atoms with van der Waals surface area (Å²) in [6.07, 6.45) is 16.3. The lowest BCUT2D eigenvalue weighted by molar-refractivity contribution is 0.0409. The van der Waals surface area contributed by atoms with Gasteiger partial charge in [-0.2, -0.15) is 0 Å². The number of aromatic amines is 1. The molecule has 0 bridgehead atoms. The number of Topliss-reactive ketones (excluding diaryl/α,β-unsaturated/α-hetero) is 1. The standard InChI is InChI=1S/C39H48ClFN2O2/c1-2-3-4-5-6-7-8-9-10-11-12-15-25-39(30-20-23-37(44)34(40)27-30,38(45)29-18-21-31(41)22-19-29)43-26-24-33-32-16-13-14-17-35(32)42-36(33)28-43/h13-14,16-23,27,42,44H,2-12,15,24-26,28H2,1H3. The lowest BCUT2D eigenvalue weighted by atomic mass is 9.76. The van der Waals surface area contributed by atoms with Crippen LogP contribution in [-0.4, -0.2) is 27.3 Å². The molecule has 0 aliphatic carbocycles. The maximum absolute atomic E-state index is 14.8. The number of aromatic nitrogens is 1. The highest BCUT2D eigenvalue weighted by Gasteiger charge is 2.47. The van der Waals surface area contributed by atoms with Gasteiger partial charge in [-0.05, 0) is 66.4 Å². The number of para-hydroxylation sites is 1. The molecule has 0 radical (unpaired) electrons. The molecule has 1 aliphatic heterocycles. The summed E-state index contributed by atoms with van der Waals surface area (Å²) in [6, 6.07) is 19.4. The van der Waals surface area contributed by atoms with E-state index in [1.54, 1.807) is 24.3 Å².